The van der Waals surface area contributed by atoms with Gasteiger partial charge in [-0.25, -0.2) is 14.4 Å². The molecule has 1 spiro atoms. The van der Waals surface area contributed by atoms with Crippen molar-refractivity contribution in [3.63, 3.8) is 0 Å². The quantitative estimate of drug-likeness (QED) is 0.709. The third-order valence-electron chi connectivity index (χ3n) is 7.04. The van der Waals surface area contributed by atoms with Crippen molar-refractivity contribution in [2.45, 2.75) is 64.2 Å². The number of alkyl halides is 1. The molecule has 2 aromatic rings. The molecule has 3 aliphatic rings. The number of aromatic nitrogens is 3. The monoisotopic (exact) mass is 445 g/mol. The van der Waals surface area contributed by atoms with E-state index in [1.807, 2.05) is 28.0 Å². The summed E-state index contributed by atoms with van der Waals surface area (Å²) in [5, 5.41) is 2.96. The molecule has 2 atom stereocenters. The Morgan fingerprint density at radius 2 is 2.13 bits per heavy atom. The number of halogens is 1. The average molecular weight is 446 g/mol. The lowest BCUT2D eigenvalue weighted by Gasteiger charge is -2.27. The lowest BCUT2D eigenvalue weighted by Crippen LogP contribution is -2.42. The van der Waals surface area contributed by atoms with Crippen LogP contribution in [0.2, 0.25) is 0 Å². The molecule has 1 saturated carbocycles. The van der Waals surface area contributed by atoms with Crippen molar-refractivity contribution in [1.82, 2.24) is 24.3 Å². The molecule has 0 unspecified atom stereocenters. The predicted molar refractivity (Wildman–Crippen MR) is 114 cm³/mol. The number of nitrogens with zero attached hydrogens (tertiary/aromatic N) is 5. The molecular weight excluding hydrogens is 417 g/mol. The van der Waals surface area contributed by atoms with Gasteiger partial charge in [-0.3, -0.25) is 9.59 Å². The van der Waals surface area contributed by atoms with Crippen molar-refractivity contribution in [3.05, 3.63) is 34.3 Å². The number of imidazole rings is 1. The van der Waals surface area contributed by atoms with Crippen molar-refractivity contribution >= 4 is 23.2 Å². The number of likely N-dealkylation sites (tertiary alicyclic amines) is 2. The van der Waals surface area contributed by atoms with Crippen molar-refractivity contribution in [3.8, 4) is 0 Å². The van der Waals surface area contributed by atoms with E-state index in [0.29, 0.717) is 26.1 Å². The van der Waals surface area contributed by atoms with E-state index >= 15 is 0 Å². The highest BCUT2D eigenvalue weighted by Gasteiger charge is 2.62. The molecule has 1 aliphatic carbocycles. The summed E-state index contributed by atoms with van der Waals surface area (Å²) >= 11 is 1.57. The van der Waals surface area contributed by atoms with Gasteiger partial charge in [0.1, 0.15) is 0 Å². The summed E-state index contributed by atoms with van der Waals surface area (Å²) in [4.78, 5) is 39.1. The molecule has 0 radical (unpaired) electrons. The zero-order valence-electron chi connectivity index (χ0n) is 18.2. The third-order valence-corrected chi connectivity index (χ3v) is 7.86. The Balaban J connectivity index is 1.45. The standard InChI is InChI=1S/C22H28FN5O2S/c1-14(2)28-10-18(24-13-28)17-9-27(20(30)22(23)4-5-22)12-21(17)6-7-26(19(21)29)8-16-11-31-15(3)25-16/h10-11,13-14,17H,4-9,12H2,1-3H3/t17-,21-/m1/s1. The van der Waals surface area contributed by atoms with Crippen molar-refractivity contribution in [2.24, 2.45) is 5.41 Å². The van der Waals surface area contributed by atoms with Crippen LogP contribution in [-0.2, 0) is 16.1 Å². The van der Waals surface area contributed by atoms with Crippen LogP contribution in [0.4, 0.5) is 4.39 Å². The molecule has 166 valence electrons. The number of carbonyl (C=O) groups excluding carboxylic acids is 2. The van der Waals surface area contributed by atoms with E-state index in [9.17, 15) is 14.0 Å². The van der Waals surface area contributed by atoms with Gasteiger partial charge in [-0.05, 0) is 40.0 Å². The van der Waals surface area contributed by atoms with E-state index < -0.39 is 17.0 Å². The normalized spacial score (nSPS) is 27.1. The van der Waals surface area contributed by atoms with Crippen LogP contribution < -0.4 is 0 Å². The molecular formula is C22H28FN5O2S. The van der Waals surface area contributed by atoms with Crippen molar-refractivity contribution in [1.29, 1.82) is 0 Å². The number of hydrogen-bond acceptors (Lipinski definition) is 5. The fourth-order valence-electron chi connectivity index (χ4n) is 5.02. The lowest BCUT2D eigenvalue weighted by atomic mass is 9.75. The summed E-state index contributed by atoms with van der Waals surface area (Å²) in [5.41, 5.74) is -0.776. The Hall–Kier alpha value is -2.29. The summed E-state index contributed by atoms with van der Waals surface area (Å²) in [6.07, 6.45) is 4.96. The fourth-order valence-corrected chi connectivity index (χ4v) is 5.62. The predicted octanol–water partition coefficient (Wildman–Crippen LogP) is 3.08. The van der Waals surface area contributed by atoms with Crippen LogP contribution in [0.15, 0.2) is 17.9 Å². The molecule has 2 aromatic heterocycles. The number of rotatable bonds is 5. The number of amides is 2. The smallest absolute Gasteiger partial charge is 0.260 e. The van der Waals surface area contributed by atoms with E-state index in [2.05, 4.69) is 23.8 Å². The first kappa shape index (κ1) is 20.6. The van der Waals surface area contributed by atoms with E-state index in [0.717, 1.165) is 16.4 Å². The van der Waals surface area contributed by atoms with Crippen LogP contribution in [0.25, 0.3) is 0 Å². The van der Waals surface area contributed by atoms with Gasteiger partial charge < -0.3 is 14.4 Å². The molecule has 5 rings (SSSR count). The van der Waals surface area contributed by atoms with E-state index in [4.69, 9.17) is 0 Å². The number of hydrogen-bond donors (Lipinski definition) is 0. The summed E-state index contributed by atoms with van der Waals surface area (Å²) < 4.78 is 16.6. The fraction of sp³-hybridized carbons (Fsp3) is 0.636. The van der Waals surface area contributed by atoms with Gasteiger partial charge in [0.25, 0.3) is 5.91 Å². The van der Waals surface area contributed by atoms with Crippen LogP contribution in [0.5, 0.6) is 0 Å². The molecule has 4 heterocycles. The topological polar surface area (TPSA) is 71.3 Å². The number of aryl methyl sites for hydroxylation is 1. The van der Waals surface area contributed by atoms with Gasteiger partial charge in [-0.15, -0.1) is 11.3 Å². The van der Waals surface area contributed by atoms with Crippen LogP contribution in [0.3, 0.4) is 0 Å². The Bertz CT molecular complexity index is 1030. The second-order valence-corrected chi connectivity index (χ2v) is 10.6. The first-order valence-electron chi connectivity index (χ1n) is 10.9. The highest BCUT2D eigenvalue weighted by Crippen LogP contribution is 2.52. The highest BCUT2D eigenvalue weighted by atomic mass is 32.1. The van der Waals surface area contributed by atoms with Gasteiger partial charge in [0.05, 0.1) is 34.7 Å². The Labute approximate surface area is 185 Å². The highest BCUT2D eigenvalue weighted by molar-refractivity contribution is 7.09. The first-order valence-corrected chi connectivity index (χ1v) is 11.8. The van der Waals surface area contributed by atoms with Crippen molar-refractivity contribution < 1.29 is 14.0 Å². The van der Waals surface area contributed by atoms with Crippen LogP contribution in [-0.4, -0.2) is 61.5 Å². The zero-order valence-corrected chi connectivity index (χ0v) is 19.0. The maximum atomic E-state index is 14.6. The van der Waals surface area contributed by atoms with Gasteiger partial charge in [0.2, 0.25) is 5.91 Å². The number of thiazole rings is 1. The zero-order chi connectivity index (χ0) is 22.0. The Morgan fingerprint density at radius 1 is 1.35 bits per heavy atom. The average Bonchev–Trinajstić information content (AvgIpc) is 3.16. The molecule has 0 N–H and O–H groups in total. The van der Waals surface area contributed by atoms with Gasteiger partial charge in [0, 0.05) is 43.2 Å². The molecule has 31 heavy (non-hydrogen) atoms. The Kier molecular flexibility index (Phi) is 4.73. The molecule has 9 heteroatoms. The molecule has 2 amide bonds. The minimum absolute atomic E-state index is 0.0289. The van der Waals surface area contributed by atoms with Gasteiger partial charge in [0.15, 0.2) is 5.67 Å². The van der Waals surface area contributed by atoms with E-state index in [-0.39, 0.29) is 37.3 Å². The molecule has 0 aromatic carbocycles. The molecule has 0 bridgehead atoms. The van der Waals surface area contributed by atoms with Crippen molar-refractivity contribution in [2.75, 3.05) is 19.6 Å². The summed E-state index contributed by atoms with van der Waals surface area (Å²) in [5.74, 6) is -0.659. The van der Waals surface area contributed by atoms with Gasteiger partial charge in [-0.2, -0.15) is 0 Å². The van der Waals surface area contributed by atoms with Crippen LogP contribution in [0.1, 0.15) is 61.5 Å². The summed E-state index contributed by atoms with van der Waals surface area (Å²) in [6.45, 7) is 7.79. The second kappa shape index (κ2) is 7.12. The minimum atomic E-state index is -1.73. The summed E-state index contributed by atoms with van der Waals surface area (Å²) in [7, 11) is 0. The molecule has 3 fully saturated rings. The second-order valence-electron chi connectivity index (χ2n) is 9.53. The number of carbonyl (C=O) groups is 2. The van der Waals surface area contributed by atoms with E-state index in [1.54, 1.807) is 22.6 Å². The van der Waals surface area contributed by atoms with E-state index in [1.165, 1.54) is 0 Å². The maximum absolute atomic E-state index is 14.6. The Morgan fingerprint density at radius 3 is 2.74 bits per heavy atom. The SMILES string of the molecule is Cc1nc(CN2CC[C@]3(CN(C(=O)C4(F)CC4)C[C@@H]3c3cn(C(C)C)cn3)C2=O)cs1. The van der Waals surface area contributed by atoms with Crippen LogP contribution >= 0.6 is 11.3 Å². The summed E-state index contributed by atoms with van der Waals surface area (Å²) in [6, 6.07) is 0.251. The van der Waals surface area contributed by atoms with Gasteiger partial charge in [-0.1, -0.05) is 0 Å². The largest absolute Gasteiger partial charge is 0.338 e. The molecule has 2 aliphatic heterocycles. The maximum Gasteiger partial charge on any atom is 0.260 e. The van der Waals surface area contributed by atoms with Gasteiger partial charge >= 0.3 is 0 Å². The molecule has 2 saturated heterocycles. The first-order chi connectivity index (χ1) is 14.7. The lowest BCUT2D eigenvalue weighted by molar-refractivity contribution is -0.139. The van der Waals surface area contributed by atoms with Crippen LogP contribution in [0, 0.1) is 12.3 Å². The minimum Gasteiger partial charge on any atom is -0.338 e. The third kappa shape index (κ3) is 3.37. The molecule has 7 nitrogen and oxygen atoms in total.